The average Bonchev–Trinajstić information content (AvgIpc) is 2.99. The third-order valence-electron chi connectivity index (χ3n) is 4.46. The summed E-state index contributed by atoms with van der Waals surface area (Å²) in [6.45, 7) is 2.31. The van der Waals surface area contributed by atoms with Crippen LogP contribution in [0.5, 0.6) is 0 Å². The molecule has 1 aromatic rings. The summed E-state index contributed by atoms with van der Waals surface area (Å²) >= 11 is 0. The predicted molar refractivity (Wildman–Crippen MR) is 90.3 cm³/mol. The molecule has 0 spiro atoms. The molecule has 6 heteroatoms. The number of nitriles is 1. The maximum absolute atomic E-state index is 13.0. The number of carbonyl (C=O) groups is 1. The van der Waals surface area contributed by atoms with Crippen molar-refractivity contribution in [2.24, 2.45) is 0 Å². The molecule has 0 unspecified atom stereocenters. The fourth-order valence-corrected chi connectivity index (χ4v) is 3.00. The second-order valence-electron chi connectivity index (χ2n) is 6.11. The van der Waals surface area contributed by atoms with E-state index in [0.29, 0.717) is 31.7 Å². The Morgan fingerprint density at radius 1 is 1.38 bits per heavy atom. The van der Waals surface area contributed by atoms with E-state index < -0.39 is 0 Å². The van der Waals surface area contributed by atoms with Crippen molar-refractivity contribution >= 4 is 5.91 Å². The molecule has 6 nitrogen and oxygen atoms in total. The topological polar surface area (TPSA) is 65.8 Å². The largest absolute Gasteiger partial charge is 0.383 e. The smallest absolute Gasteiger partial charge is 0.240 e. The van der Waals surface area contributed by atoms with Crippen molar-refractivity contribution < 1.29 is 14.3 Å². The molecule has 2 rings (SSSR count). The highest BCUT2D eigenvalue weighted by Gasteiger charge is 2.36. The van der Waals surface area contributed by atoms with Gasteiger partial charge in [-0.1, -0.05) is 12.1 Å². The zero-order chi connectivity index (χ0) is 17.5. The number of amides is 1. The van der Waals surface area contributed by atoms with E-state index in [0.717, 1.165) is 12.1 Å². The van der Waals surface area contributed by atoms with Gasteiger partial charge < -0.3 is 14.4 Å². The molecule has 1 heterocycles. The number of rotatable bonds is 7. The highest BCUT2D eigenvalue weighted by Crippen LogP contribution is 2.21. The zero-order valence-corrected chi connectivity index (χ0v) is 14.6. The lowest BCUT2D eigenvalue weighted by Gasteiger charge is -2.28. The molecule has 1 aliphatic heterocycles. The van der Waals surface area contributed by atoms with Crippen LogP contribution in [-0.2, 0) is 20.8 Å². The van der Waals surface area contributed by atoms with Gasteiger partial charge in [-0.3, -0.25) is 9.69 Å². The fourth-order valence-electron chi connectivity index (χ4n) is 3.00. The Morgan fingerprint density at radius 2 is 2.08 bits per heavy atom. The van der Waals surface area contributed by atoms with Crippen LogP contribution in [0, 0.1) is 11.3 Å². The quantitative estimate of drug-likeness (QED) is 0.752. The maximum atomic E-state index is 13.0. The van der Waals surface area contributed by atoms with Crippen LogP contribution in [0.1, 0.15) is 17.5 Å². The van der Waals surface area contributed by atoms with Gasteiger partial charge in [0.15, 0.2) is 0 Å². The minimum atomic E-state index is -0.162. The molecule has 1 aliphatic rings. The Kier molecular flexibility index (Phi) is 6.73. The minimum absolute atomic E-state index is 0.0958. The first-order chi connectivity index (χ1) is 11.6. The van der Waals surface area contributed by atoms with E-state index >= 15 is 0 Å². The van der Waals surface area contributed by atoms with Gasteiger partial charge in [0.05, 0.1) is 30.4 Å². The van der Waals surface area contributed by atoms with E-state index in [9.17, 15) is 4.79 Å². The fraction of sp³-hybridized carbons (Fsp3) is 0.556. The summed E-state index contributed by atoms with van der Waals surface area (Å²) < 4.78 is 10.6. The van der Waals surface area contributed by atoms with E-state index in [1.807, 2.05) is 24.1 Å². The summed E-state index contributed by atoms with van der Waals surface area (Å²) in [4.78, 5) is 16.8. The van der Waals surface area contributed by atoms with Crippen molar-refractivity contribution in [3.63, 3.8) is 0 Å². The number of carbonyl (C=O) groups excluding carboxylic acids is 1. The number of likely N-dealkylation sites (tertiary alicyclic amines) is 1. The minimum Gasteiger partial charge on any atom is -0.383 e. The summed E-state index contributed by atoms with van der Waals surface area (Å²) in [5.74, 6) is 0.0958. The number of benzene rings is 1. The number of hydrogen-bond acceptors (Lipinski definition) is 5. The molecule has 1 saturated heterocycles. The standard InChI is InChI=1S/C18H25N3O3/c1-20-13-16(24-3)10-17(20)18(22)21(8-9-23-2)12-15-6-4-14(11-19)5-7-15/h4-7,16-17H,8-10,12-13H2,1-3H3/t16-,17-/m0/s1. The highest BCUT2D eigenvalue weighted by atomic mass is 16.5. The Hall–Kier alpha value is -1.94. The van der Waals surface area contributed by atoms with Crippen LogP contribution in [0.25, 0.3) is 0 Å². The van der Waals surface area contributed by atoms with Crippen molar-refractivity contribution in [3.05, 3.63) is 35.4 Å². The van der Waals surface area contributed by atoms with Gasteiger partial charge >= 0.3 is 0 Å². The van der Waals surface area contributed by atoms with Crippen molar-refractivity contribution in [2.75, 3.05) is 41.0 Å². The average molecular weight is 331 g/mol. The van der Waals surface area contributed by atoms with Gasteiger partial charge in [0.1, 0.15) is 0 Å². The number of methoxy groups -OCH3 is 2. The third-order valence-corrected chi connectivity index (χ3v) is 4.46. The molecular weight excluding hydrogens is 306 g/mol. The summed E-state index contributed by atoms with van der Waals surface area (Å²) in [6.07, 6.45) is 0.811. The molecule has 1 fully saturated rings. The summed E-state index contributed by atoms with van der Waals surface area (Å²) in [7, 11) is 5.27. The van der Waals surface area contributed by atoms with Crippen LogP contribution < -0.4 is 0 Å². The molecule has 0 aliphatic carbocycles. The van der Waals surface area contributed by atoms with Gasteiger partial charge in [0.25, 0.3) is 0 Å². The Labute approximate surface area is 143 Å². The van der Waals surface area contributed by atoms with Gasteiger partial charge in [0, 0.05) is 33.9 Å². The lowest BCUT2D eigenvalue weighted by molar-refractivity contribution is -0.137. The van der Waals surface area contributed by atoms with Crippen LogP contribution in [0.2, 0.25) is 0 Å². The van der Waals surface area contributed by atoms with Crippen LogP contribution in [-0.4, -0.2) is 68.8 Å². The lowest BCUT2D eigenvalue weighted by Crippen LogP contribution is -2.45. The SMILES string of the molecule is COCCN(Cc1ccc(C#N)cc1)C(=O)[C@@H]1C[C@H](OC)CN1C. The lowest BCUT2D eigenvalue weighted by atomic mass is 10.1. The molecule has 0 radical (unpaired) electrons. The van der Waals surface area contributed by atoms with Crippen LogP contribution >= 0.6 is 0 Å². The van der Waals surface area contributed by atoms with Gasteiger partial charge in [0.2, 0.25) is 5.91 Å². The van der Waals surface area contributed by atoms with Crippen molar-refractivity contribution in [1.29, 1.82) is 5.26 Å². The van der Waals surface area contributed by atoms with Crippen LogP contribution in [0.3, 0.4) is 0 Å². The van der Waals surface area contributed by atoms with Gasteiger partial charge in [-0.05, 0) is 31.2 Å². The number of nitrogens with zero attached hydrogens (tertiary/aromatic N) is 3. The van der Waals surface area contributed by atoms with Crippen molar-refractivity contribution in [1.82, 2.24) is 9.80 Å². The highest BCUT2D eigenvalue weighted by molar-refractivity contribution is 5.82. The van der Waals surface area contributed by atoms with E-state index in [1.54, 1.807) is 26.4 Å². The second-order valence-corrected chi connectivity index (χ2v) is 6.11. The molecule has 0 aromatic heterocycles. The van der Waals surface area contributed by atoms with E-state index in [2.05, 4.69) is 11.0 Å². The summed E-state index contributed by atoms with van der Waals surface area (Å²) in [5, 5.41) is 8.89. The van der Waals surface area contributed by atoms with Gasteiger partial charge in [-0.25, -0.2) is 0 Å². The molecule has 130 valence electrons. The maximum Gasteiger partial charge on any atom is 0.240 e. The first-order valence-electron chi connectivity index (χ1n) is 8.08. The molecule has 0 bridgehead atoms. The second kappa shape index (κ2) is 8.78. The van der Waals surface area contributed by atoms with Crippen molar-refractivity contribution in [3.8, 4) is 6.07 Å². The van der Waals surface area contributed by atoms with Crippen molar-refractivity contribution in [2.45, 2.75) is 25.1 Å². The first kappa shape index (κ1) is 18.4. The van der Waals surface area contributed by atoms with Crippen LogP contribution in [0.4, 0.5) is 0 Å². The normalized spacial score (nSPS) is 20.8. The molecule has 1 aromatic carbocycles. The van der Waals surface area contributed by atoms with E-state index in [4.69, 9.17) is 14.7 Å². The molecule has 0 saturated carbocycles. The molecule has 0 N–H and O–H groups in total. The zero-order valence-electron chi connectivity index (χ0n) is 14.6. The Morgan fingerprint density at radius 3 is 2.62 bits per heavy atom. The van der Waals surface area contributed by atoms with Crippen LogP contribution in [0.15, 0.2) is 24.3 Å². The van der Waals surface area contributed by atoms with E-state index in [1.165, 1.54) is 0 Å². The number of ether oxygens (including phenoxy) is 2. The molecule has 2 atom stereocenters. The summed E-state index contributed by atoms with van der Waals surface area (Å²) in [6, 6.07) is 9.27. The monoisotopic (exact) mass is 331 g/mol. The first-order valence-corrected chi connectivity index (χ1v) is 8.08. The number of likely N-dealkylation sites (N-methyl/N-ethyl adjacent to an activating group) is 1. The Bertz CT molecular complexity index is 582. The van der Waals surface area contributed by atoms with Gasteiger partial charge in [-0.2, -0.15) is 5.26 Å². The van der Waals surface area contributed by atoms with Gasteiger partial charge in [-0.15, -0.1) is 0 Å². The summed E-state index contributed by atoms with van der Waals surface area (Å²) in [5.41, 5.74) is 1.62. The Balaban J connectivity index is 2.09. The third kappa shape index (κ3) is 4.54. The number of hydrogen-bond donors (Lipinski definition) is 0. The molecule has 1 amide bonds. The molecule has 24 heavy (non-hydrogen) atoms. The van der Waals surface area contributed by atoms with E-state index in [-0.39, 0.29) is 18.1 Å². The molecular formula is C18H25N3O3. The predicted octanol–water partition coefficient (Wildman–Crippen LogP) is 1.25.